The number of aryl methyl sites for hydroxylation is 3. The molecule has 1 aromatic rings. The second kappa shape index (κ2) is 4.24. The molecule has 0 aliphatic carbocycles. The summed E-state index contributed by atoms with van der Waals surface area (Å²) in [6, 6.07) is 2.26. The minimum Gasteiger partial charge on any atom is -0.261 e. The van der Waals surface area contributed by atoms with Crippen LogP contribution in [0, 0.1) is 6.92 Å². The monoisotopic (exact) mass is 163 g/mol. The van der Waals surface area contributed by atoms with Gasteiger partial charge in [-0.3, -0.25) is 4.98 Å². The molecule has 0 aromatic carbocycles. The lowest BCUT2D eigenvalue weighted by Crippen LogP contribution is -1.94. The summed E-state index contributed by atoms with van der Waals surface area (Å²) in [6.45, 7) is 6.49. The lowest BCUT2D eigenvalue weighted by molar-refractivity contribution is 0.897. The van der Waals surface area contributed by atoms with Gasteiger partial charge < -0.3 is 0 Å². The zero-order valence-electron chi connectivity index (χ0n) is 8.22. The van der Waals surface area contributed by atoms with E-state index in [0.717, 1.165) is 12.8 Å². The summed E-state index contributed by atoms with van der Waals surface area (Å²) in [5.41, 5.74) is 3.94. The molecular weight excluding hydrogens is 146 g/mol. The van der Waals surface area contributed by atoms with Gasteiger partial charge in [0, 0.05) is 11.9 Å². The Kier molecular flexibility index (Phi) is 3.27. The van der Waals surface area contributed by atoms with Crippen molar-refractivity contribution >= 4 is 0 Å². The average molecular weight is 163 g/mol. The topological polar surface area (TPSA) is 12.9 Å². The Balaban J connectivity index is 2.86. The van der Waals surface area contributed by atoms with E-state index >= 15 is 0 Å². The van der Waals surface area contributed by atoms with E-state index in [1.54, 1.807) is 0 Å². The highest BCUT2D eigenvalue weighted by Gasteiger charge is 1.98. The van der Waals surface area contributed by atoms with E-state index in [0.29, 0.717) is 0 Å². The van der Waals surface area contributed by atoms with Gasteiger partial charge in [-0.2, -0.15) is 0 Å². The van der Waals surface area contributed by atoms with Gasteiger partial charge in [-0.1, -0.05) is 26.3 Å². The minimum atomic E-state index is 1.04. The molecule has 12 heavy (non-hydrogen) atoms. The van der Waals surface area contributed by atoms with Crippen LogP contribution >= 0.6 is 0 Å². The molecule has 1 heterocycles. The average Bonchev–Trinajstić information content (AvgIpc) is 2.05. The largest absolute Gasteiger partial charge is 0.261 e. The van der Waals surface area contributed by atoms with Crippen molar-refractivity contribution in [3.8, 4) is 0 Å². The molecule has 1 nitrogen and oxygen atoms in total. The molecule has 1 heteroatoms. The summed E-state index contributed by atoms with van der Waals surface area (Å²) in [5, 5.41) is 0. The first kappa shape index (κ1) is 9.24. The van der Waals surface area contributed by atoms with Crippen molar-refractivity contribution in [2.24, 2.45) is 0 Å². The second-order valence-electron chi connectivity index (χ2n) is 3.21. The van der Waals surface area contributed by atoms with Crippen LogP contribution in [-0.4, -0.2) is 4.98 Å². The molecule has 0 bridgehead atoms. The van der Waals surface area contributed by atoms with Crippen molar-refractivity contribution < 1.29 is 0 Å². The summed E-state index contributed by atoms with van der Waals surface area (Å²) in [6.07, 6.45) is 5.40. The fourth-order valence-corrected chi connectivity index (χ4v) is 1.46. The van der Waals surface area contributed by atoms with Gasteiger partial charge in [0.05, 0.1) is 0 Å². The predicted octanol–water partition coefficient (Wildman–Crippen LogP) is 2.90. The SMILES string of the molecule is CCCc1cnc(CC)c(C)c1. The van der Waals surface area contributed by atoms with Gasteiger partial charge in [-0.05, 0) is 30.9 Å². The second-order valence-corrected chi connectivity index (χ2v) is 3.21. The summed E-state index contributed by atoms with van der Waals surface area (Å²) in [5.74, 6) is 0. The molecule has 0 spiro atoms. The van der Waals surface area contributed by atoms with Gasteiger partial charge in [0.2, 0.25) is 0 Å². The van der Waals surface area contributed by atoms with Gasteiger partial charge in [0.25, 0.3) is 0 Å². The van der Waals surface area contributed by atoms with Gasteiger partial charge in [0.1, 0.15) is 0 Å². The first-order chi connectivity index (χ1) is 5.77. The van der Waals surface area contributed by atoms with Gasteiger partial charge in [-0.15, -0.1) is 0 Å². The third-order valence-electron chi connectivity index (χ3n) is 2.12. The smallest absolute Gasteiger partial charge is 0.0430 e. The molecule has 0 N–H and O–H groups in total. The fourth-order valence-electron chi connectivity index (χ4n) is 1.46. The van der Waals surface area contributed by atoms with Crippen LogP contribution in [0.3, 0.4) is 0 Å². The third-order valence-corrected chi connectivity index (χ3v) is 2.12. The highest BCUT2D eigenvalue weighted by molar-refractivity contribution is 5.24. The van der Waals surface area contributed by atoms with Gasteiger partial charge in [-0.25, -0.2) is 0 Å². The Morgan fingerprint density at radius 2 is 2.08 bits per heavy atom. The lowest BCUT2D eigenvalue weighted by atomic mass is 10.1. The normalized spacial score (nSPS) is 10.2. The maximum absolute atomic E-state index is 4.42. The Morgan fingerprint density at radius 3 is 2.58 bits per heavy atom. The van der Waals surface area contributed by atoms with Crippen molar-refractivity contribution in [1.29, 1.82) is 0 Å². The van der Waals surface area contributed by atoms with E-state index in [4.69, 9.17) is 0 Å². The summed E-state index contributed by atoms with van der Waals surface area (Å²) >= 11 is 0. The van der Waals surface area contributed by atoms with Gasteiger partial charge >= 0.3 is 0 Å². The number of hydrogen-bond donors (Lipinski definition) is 0. The van der Waals surface area contributed by atoms with E-state index in [2.05, 4.69) is 31.8 Å². The summed E-state index contributed by atoms with van der Waals surface area (Å²) < 4.78 is 0. The maximum Gasteiger partial charge on any atom is 0.0430 e. The molecule has 0 radical (unpaired) electrons. The maximum atomic E-state index is 4.42. The van der Waals surface area contributed by atoms with E-state index in [1.807, 2.05) is 6.20 Å². The van der Waals surface area contributed by atoms with Crippen LogP contribution in [-0.2, 0) is 12.8 Å². The standard InChI is InChI=1S/C11H17N/c1-4-6-10-7-9(3)11(5-2)12-8-10/h7-8H,4-6H2,1-3H3. The van der Waals surface area contributed by atoms with Crippen molar-refractivity contribution in [1.82, 2.24) is 4.98 Å². The van der Waals surface area contributed by atoms with E-state index < -0.39 is 0 Å². The van der Waals surface area contributed by atoms with Crippen LogP contribution in [0.5, 0.6) is 0 Å². The molecule has 0 unspecified atom stereocenters. The number of pyridine rings is 1. The van der Waals surface area contributed by atoms with Crippen molar-refractivity contribution in [3.63, 3.8) is 0 Å². The lowest BCUT2D eigenvalue weighted by Gasteiger charge is -2.04. The first-order valence-electron chi connectivity index (χ1n) is 4.72. The number of rotatable bonds is 3. The van der Waals surface area contributed by atoms with Crippen LogP contribution in [0.1, 0.15) is 37.1 Å². The highest BCUT2D eigenvalue weighted by atomic mass is 14.7. The van der Waals surface area contributed by atoms with Crippen LogP contribution in [0.15, 0.2) is 12.3 Å². The quantitative estimate of drug-likeness (QED) is 0.667. The number of hydrogen-bond acceptors (Lipinski definition) is 1. The fraction of sp³-hybridized carbons (Fsp3) is 0.545. The van der Waals surface area contributed by atoms with Crippen molar-refractivity contribution in [2.45, 2.75) is 40.0 Å². The molecule has 1 aromatic heterocycles. The molecule has 1 rings (SSSR count). The Hall–Kier alpha value is -0.850. The minimum absolute atomic E-state index is 1.04. The van der Waals surface area contributed by atoms with Crippen LogP contribution in [0.25, 0.3) is 0 Å². The van der Waals surface area contributed by atoms with Crippen LogP contribution in [0.2, 0.25) is 0 Å². The predicted molar refractivity (Wildman–Crippen MR) is 52.3 cm³/mol. The molecule has 0 aliphatic rings. The van der Waals surface area contributed by atoms with Crippen molar-refractivity contribution in [2.75, 3.05) is 0 Å². The van der Waals surface area contributed by atoms with E-state index in [9.17, 15) is 0 Å². The number of aromatic nitrogens is 1. The molecule has 0 aliphatic heterocycles. The molecular formula is C11H17N. The highest BCUT2D eigenvalue weighted by Crippen LogP contribution is 2.09. The summed E-state index contributed by atoms with van der Waals surface area (Å²) in [4.78, 5) is 4.42. The third kappa shape index (κ3) is 2.07. The Labute approximate surface area is 74.8 Å². The zero-order valence-corrected chi connectivity index (χ0v) is 8.22. The molecule has 66 valence electrons. The summed E-state index contributed by atoms with van der Waals surface area (Å²) in [7, 11) is 0. The van der Waals surface area contributed by atoms with Gasteiger partial charge in [0.15, 0.2) is 0 Å². The van der Waals surface area contributed by atoms with E-state index in [1.165, 1.54) is 23.2 Å². The molecule has 0 amide bonds. The molecule has 0 atom stereocenters. The molecule has 0 saturated carbocycles. The Morgan fingerprint density at radius 1 is 1.33 bits per heavy atom. The van der Waals surface area contributed by atoms with Crippen molar-refractivity contribution in [3.05, 3.63) is 29.1 Å². The molecule has 0 fully saturated rings. The first-order valence-corrected chi connectivity index (χ1v) is 4.72. The van der Waals surface area contributed by atoms with Crippen LogP contribution in [0.4, 0.5) is 0 Å². The van der Waals surface area contributed by atoms with Crippen LogP contribution < -0.4 is 0 Å². The zero-order chi connectivity index (χ0) is 8.97. The number of nitrogens with zero attached hydrogens (tertiary/aromatic N) is 1. The Bertz CT molecular complexity index is 253. The van der Waals surface area contributed by atoms with E-state index in [-0.39, 0.29) is 0 Å². The molecule has 0 saturated heterocycles.